The zero-order chi connectivity index (χ0) is 15.6. The van der Waals surface area contributed by atoms with E-state index in [1.165, 1.54) is 29.2 Å². The molecule has 6 heteroatoms. The van der Waals surface area contributed by atoms with E-state index in [-0.39, 0.29) is 11.5 Å². The highest BCUT2D eigenvalue weighted by atomic mass is 35.5. The minimum atomic E-state index is -1.02. The molecule has 2 rings (SSSR count). The Balaban J connectivity index is 2.28. The van der Waals surface area contributed by atoms with Crippen molar-refractivity contribution in [1.82, 2.24) is 0 Å². The molecule has 2 aromatic rings. The second kappa shape index (κ2) is 6.16. The van der Waals surface area contributed by atoms with Crippen molar-refractivity contribution in [3.63, 3.8) is 0 Å². The second-order valence-corrected chi connectivity index (χ2v) is 5.25. The molecule has 0 saturated carbocycles. The van der Waals surface area contributed by atoms with Crippen LogP contribution < -0.4 is 4.90 Å². The fourth-order valence-electron chi connectivity index (χ4n) is 1.82. The molecule has 0 aliphatic heterocycles. The van der Waals surface area contributed by atoms with Gasteiger partial charge in [-0.3, -0.25) is 4.79 Å². The summed E-state index contributed by atoms with van der Waals surface area (Å²) in [5.74, 6) is -1.31. The van der Waals surface area contributed by atoms with E-state index >= 15 is 0 Å². The molecule has 2 aromatic carbocycles. The largest absolute Gasteiger partial charge is 0.478 e. The van der Waals surface area contributed by atoms with E-state index in [1.54, 1.807) is 25.2 Å². The number of halogens is 2. The van der Waals surface area contributed by atoms with E-state index in [4.69, 9.17) is 28.3 Å². The van der Waals surface area contributed by atoms with Crippen molar-refractivity contribution in [2.75, 3.05) is 11.9 Å². The maximum Gasteiger partial charge on any atom is 0.335 e. The molecule has 0 atom stereocenters. The summed E-state index contributed by atoms with van der Waals surface area (Å²) in [5.41, 5.74) is 1.09. The third-order valence-corrected chi connectivity index (χ3v) is 3.35. The maximum absolute atomic E-state index is 12.4. The van der Waals surface area contributed by atoms with Gasteiger partial charge in [0.15, 0.2) is 0 Å². The molecule has 0 fully saturated rings. The Morgan fingerprint density at radius 2 is 1.48 bits per heavy atom. The first kappa shape index (κ1) is 15.4. The van der Waals surface area contributed by atoms with E-state index in [9.17, 15) is 9.59 Å². The molecule has 0 unspecified atom stereocenters. The van der Waals surface area contributed by atoms with Gasteiger partial charge in [-0.15, -0.1) is 0 Å². The topological polar surface area (TPSA) is 57.6 Å². The Hall–Kier alpha value is -2.04. The van der Waals surface area contributed by atoms with Crippen molar-refractivity contribution in [3.05, 3.63) is 63.6 Å². The number of benzene rings is 2. The number of rotatable bonds is 3. The summed E-state index contributed by atoms with van der Waals surface area (Å²) >= 11 is 11.8. The molecule has 1 N–H and O–H groups in total. The first-order chi connectivity index (χ1) is 9.88. The predicted molar refractivity (Wildman–Crippen MR) is 82.6 cm³/mol. The highest BCUT2D eigenvalue weighted by Crippen LogP contribution is 2.22. The fraction of sp³-hybridized carbons (Fsp3) is 0.0667. The Kier molecular flexibility index (Phi) is 4.50. The number of hydrogen-bond acceptors (Lipinski definition) is 2. The number of carbonyl (C=O) groups excluding carboxylic acids is 1. The Morgan fingerprint density at radius 3 is 1.95 bits per heavy atom. The van der Waals surface area contributed by atoms with Gasteiger partial charge in [0.2, 0.25) is 0 Å². The van der Waals surface area contributed by atoms with Crippen molar-refractivity contribution in [2.45, 2.75) is 0 Å². The van der Waals surface area contributed by atoms with Crippen molar-refractivity contribution < 1.29 is 14.7 Å². The van der Waals surface area contributed by atoms with E-state index < -0.39 is 5.97 Å². The minimum absolute atomic E-state index is 0.158. The van der Waals surface area contributed by atoms with Crippen LogP contribution in [0.15, 0.2) is 42.5 Å². The molecule has 0 heterocycles. The van der Waals surface area contributed by atoms with Crippen LogP contribution in [0.25, 0.3) is 0 Å². The van der Waals surface area contributed by atoms with Gasteiger partial charge in [0, 0.05) is 28.3 Å². The standard InChI is InChI=1S/C15H11Cl2NO3/c1-18(13-4-2-9(3-5-13)15(20)21)14(19)10-6-11(16)8-12(17)7-10/h2-8H,1H3,(H,20,21). The second-order valence-electron chi connectivity index (χ2n) is 4.37. The van der Waals surface area contributed by atoms with Crippen molar-refractivity contribution in [1.29, 1.82) is 0 Å². The number of carboxylic acids is 1. The summed E-state index contributed by atoms with van der Waals surface area (Å²) in [6, 6.07) is 10.6. The van der Waals surface area contributed by atoms with Gasteiger partial charge in [0.25, 0.3) is 5.91 Å². The van der Waals surface area contributed by atoms with Crippen LogP contribution in [0.1, 0.15) is 20.7 Å². The summed E-state index contributed by atoms with van der Waals surface area (Å²) < 4.78 is 0. The molecule has 0 spiro atoms. The van der Waals surface area contributed by atoms with E-state index in [0.717, 1.165) is 0 Å². The highest BCUT2D eigenvalue weighted by Gasteiger charge is 2.15. The van der Waals surface area contributed by atoms with Gasteiger partial charge >= 0.3 is 5.97 Å². The molecule has 0 bridgehead atoms. The summed E-state index contributed by atoms with van der Waals surface area (Å²) in [7, 11) is 1.59. The molecule has 0 aliphatic rings. The van der Waals surface area contributed by atoms with Gasteiger partial charge in [0.1, 0.15) is 0 Å². The quantitative estimate of drug-likeness (QED) is 0.929. The van der Waals surface area contributed by atoms with Crippen LogP contribution in [0.5, 0.6) is 0 Å². The zero-order valence-corrected chi connectivity index (χ0v) is 12.5. The lowest BCUT2D eigenvalue weighted by molar-refractivity contribution is 0.0696. The number of carbonyl (C=O) groups is 2. The molecular formula is C15H11Cl2NO3. The SMILES string of the molecule is CN(C(=O)c1cc(Cl)cc(Cl)c1)c1ccc(C(=O)O)cc1. The Labute approximate surface area is 131 Å². The maximum atomic E-state index is 12.4. The van der Waals surface area contributed by atoms with Gasteiger partial charge in [0.05, 0.1) is 5.56 Å². The third-order valence-electron chi connectivity index (χ3n) is 2.92. The number of amides is 1. The van der Waals surface area contributed by atoms with E-state index in [2.05, 4.69) is 0 Å². The van der Waals surface area contributed by atoms with Gasteiger partial charge in [-0.05, 0) is 42.5 Å². The van der Waals surface area contributed by atoms with Gasteiger partial charge < -0.3 is 10.0 Å². The molecule has 4 nitrogen and oxygen atoms in total. The third kappa shape index (κ3) is 3.54. The molecule has 108 valence electrons. The van der Waals surface area contributed by atoms with Crippen LogP contribution in [0.2, 0.25) is 10.0 Å². The number of nitrogens with zero attached hydrogens (tertiary/aromatic N) is 1. The van der Waals surface area contributed by atoms with Crippen LogP contribution in [0.4, 0.5) is 5.69 Å². The van der Waals surface area contributed by atoms with Gasteiger partial charge in [-0.2, -0.15) is 0 Å². The number of anilines is 1. The minimum Gasteiger partial charge on any atom is -0.478 e. The fourth-order valence-corrected chi connectivity index (χ4v) is 2.34. The highest BCUT2D eigenvalue weighted by molar-refractivity contribution is 6.35. The lowest BCUT2D eigenvalue weighted by Crippen LogP contribution is -2.26. The molecule has 21 heavy (non-hydrogen) atoms. The first-order valence-corrected chi connectivity index (χ1v) is 6.71. The molecular weight excluding hydrogens is 313 g/mol. The lowest BCUT2D eigenvalue weighted by atomic mass is 10.1. The Morgan fingerprint density at radius 1 is 0.952 bits per heavy atom. The number of aromatic carboxylic acids is 1. The number of hydrogen-bond donors (Lipinski definition) is 1. The normalized spacial score (nSPS) is 10.2. The van der Waals surface area contributed by atoms with Crippen LogP contribution in [0, 0.1) is 0 Å². The van der Waals surface area contributed by atoms with E-state index in [1.807, 2.05) is 0 Å². The summed E-state index contributed by atoms with van der Waals surface area (Å²) in [4.78, 5) is 24.6. The Bertz CT molecular complexity index is 678. The van der Waals surface area contributed by atoms with Gasteiger partial charge in [-0.1, -0.05) is 23.2 Å². The molecule has 0 saturated heterocycles. The first-order valence-electron chi connectivity index (χ1n) is 5.96. The molecule has 0 aliphatic carbocycles. The van der Waals surface area contributed by atoms with Crippen LogP contribution in [0.3, 0.4) is 0 Å². The van der Waals surface area contributed by atoms with E-state index in [0.29, 0.717) is 21.3 Å². The summed E-state index contributed by atoms with van der Waals surface area (Å²) in [6.07, 6.45) is 0. The van der Waals surface area contributed by atoms with Gasteiger partial charge in [-0.25, -0.2) is 4.79 Å². The average Bonchev–Trinajstić information content (AvgIpc) is 2.44. The van der Waals surface area contributed by atoms with Crippen molar-refractivity contribution in [3.8, 4) is 0 Å². The van der Waals surface area contributed by atoms with Crippen LogP contribution in [-0.4, -0.2) is 24.0 Å². The zero-order valence-electron chi connectivity index (χ0n) is 11.0. The van der Waals surface area contributed by atoms with Crippen LogP contribution >= 0.6 is 23.2 Å². The average molecular weight is 324 g/mol. The predicted octanol–water partition coefficient (Wildman–Crippen LogP) is 3.97. The molecule has 0 aromatic heterocycles. The summed E-state index contributed by atoms with van der Waals surface area (Å²) in [6.45, 7) is 0. The monoisotopic (exact) mass is 323 g/mol. The molecule has 0 radical (unpaired) electrons. The van der Waals surface area contributed by atoms with Crippen LogP contribution in [-0.2, 0) is 0 Å². The smallest absolute Gasteiger partial charge is 0.335 e. The summed E-state index contributed by atoms with van der Waals surface area (Å²) in [5, 5.41) is 9.60. The molecule has 1 amide bonds. The van der Waals surface area contributed by atoms with Crippen molar-refractivity contribution in [2.24, 2.45) is 0 Å². The number of carboxylic acid groups (broad SMARTS) is 1. The van der Waals surface area contributed by atoms with Crippen molar-refractivity contribution >= 4 is 40.8 Å². The lowest BCUT2D eigenvalue weighted by Gasteiger charge is -2.18.